The molecule has 2 aromatic carbocycles. The van der Waals surface area contributed by atoms with Crippen molar-refractivity contribution in [2.45, 2.75) is 20.4 Å². The minimum atomic E-state index is -0.277. The van der Waals surface area contributed by atoms with Crippen LogP contribution in [0.4, 0.5) is 0 Å². The Morgan fingerprint density at radius 3 is 2.00 bits per heavy atom. The molecule has 0 saturated carbocycles. The Hall–Kier alpha value is -2.68. The van der Waals surface area contributed by atoms with Gasteiger partial charge in [0.15, 0.2) is 5.78 Å². The maximum atomic E-state index is 11.9. The topological polar surface area (TPSA) is 46.2 Å². The molecule has 1 N–H and O–H groups in total. The van der Waals surface area contributed by atoms with Gasteiger partial charge in [-0.1, -0.05) is 59.7 Å². The van der Waals surface area contributed by atoms with Crippen LogP contribution in [-0.4, -0.2) is 11.7 Å². The van der Waals surface area contributed by atoms with Crippen LogP contribution in [0.5, 0.6) is 0 Å². The highest BCUT2D eigenvalue weighted by Gasteiger charge is 2.02. The number of rotatable bonds is 5. The van der Waals surface area contributed by atoms with Crippen LogP contribution < -0.4 is 5.32 Å². The van der Waals surface area contributed by atoms with E-state index < -0.39 is 0 Å². The lowest BCUT2D eigenvalue weighted by atomic mass is 10.1. The van der Waals surface area contributed by atoms with E-state index in [1.54, 1.807) is 12.1 Å². The second-order valence-corrected chi connectivity index (χ2v) is 5.27. The van der Waals surface area contributed by atoms with Crippen molar-refractivity contribution in [1.82, 2.24) is 5.32 Å². The van der Waals surface area contributed by atoms with Crippen LogP contribution in [-0.2, 0) is 11.3 Å². The lowest BCUT2D eigenvalue weighted by molar-refractivity contribution is -0.116. The lowest BCUT2D eigenvalue weighted by Crippen LogP contribution is -2.20. The van der Waals surface area contributed by atoms with Crippen LogP contribution in [0, 0.1) is 13.8 Å². The van der Waals surface area contributed by atoms with Gasteiger partial charge in [-0.15, -0.1) is 0 Å². The SMILES string of the molecule is Cc1ccc(CNC(=O)/C=C\C(=O)c2ccc(C)cc2)cc1. The molecule has 0 saturated heterocycles. The van der Waals surface area contributed by atoms with Crippen molar-refractivity contribution in [3.05, 3.63) is 82.9 Å². The number of hydrogen-bond acceptors (Lipinski definition) is 2. The first kappa shape index (κ1) is 15.7. The molecule has 0 aliphatic carbocycles. The van der Waals surface area contributed by atoms with Crippen LogP contribution in [0.3, 0.4) is 0 Å². The summed E-state index contributed by atoms with van der Waals surface area (Å²) >= 11 is 0. The van der Waals surface area contributed by atoms with Crippen molar-refractivity contribution in [3.63, 3.8) is 0 Å². The zero-order valence-corrected chi connectivity index (χ0v) is 12.8. The molecule has 2 aromatic rings. The first-order valence-electron chi connectivity index (χ1n) is 7.17. The third-order valence-corrected chi connectivity index (χ3v) is 3.31. The van der Waals surface area contributed by atoms with E-state index in [0.29, 0.717) is 12.1 Å². The van der Waals surface area contributed by atoms with Crippen molar-refractivity contribution < 1.29 is 9.59 Å². The molecule has 0 heterocycles. The van der Waals surface area contributed by atoms with Crippen molar-refractivity contribution in [3.8, 4) is 0 Å². The second kappa shape index (κ2) is 7.36. The Kier molecular flexibility index (Phi) is 5.26. The zero-order valence-electron chi connectivity index (χ0n) is 12.8. The van der Waals surface area contributed by atoms with Crippen LogP contribution in [0.1, 0.15) is 27.0 Å². The van der Waals surface area contributed by atoms with E-state index in [2.05, 4.69) is 5.32 Å². The van der Waals surface area contributed by atoms with Gasteiger partial charge in [-0.05, 0) is 25.5 Å². The highest BCUT2D eigenvalue weighted by molar-refractivity contribution is 6.07. The fourth-order valence-corrected chi connectivity index (χ4v) is 1.92. The first-order valence-corrected chi connectivity index (χ1v) is 7.17. The van der Waals surface area contributed by atoms with E-state index in [4.69, 9.17) is 0 Å². The summed E-state index contributed by atoms with van der Waals surface area (Å²) < 4.78 is 0. The van der Waals surface area contributed by atoms with E-state index in [1.165, 1.54) is 17.7 Å². The summed E-state index contributed by atoms with van der Waals surface area (Å²) in [6.45, 7) is 4.42. The maximum absolute atomic E-state index is 11.9. The summed E-state index contributed by atoms with van der Waals surface area (Å²) in [5.74, 6) is -0.452. The number of amides is 1. The number of aryl methyl sites for hydroxylation is 2. The Morgan fingerprint density at radius 1 is 0.864 bits per heavy atom. The maximum Gasteiger partial charge on any atom is 0.244 e. The second-order valence-electron chi connectivity index (χ2n) is 5.27. The molecule has 0 bridgehead atoms. The summed E-state index contributed by atoms with van der Waals surface area (Å²) in [5.41, 5.74) is 3.88. The van der Waals surface area contributed by atoms with Gasteiger partial charge in [0.05, 0.1) is 0 Å². The first-order chi connectivity index (χ1) is 10.5. The Balaban J connectivity index is 1.87. The van der Waals surface area contributed by atoms with Crippen LogP contribution >= 0.6 is 0 Å². The average molecular weight is 293 g/mol. The van der Waals surface area contributed by atoms with Crippen molar-refractivity contribution in [2.24, 2.45) is 0 Å². The number of carbonyl (C=O) groups is 2. The zero-order chi connectivity index (χ0) is 15.9. The van der Waals surface area contributed by atoms with E-state index in [0.717, 1.165) is 11.1 Å². The number of allylic oxidation sites excluding steroid dienone is 1. The van der Waals surface area contributed by atoms with Gasteiger partial charge in [-0.25, -0.2) is 0 Å². The largest absolute Gasteiger partial charge is 0.348 e. The Morgan fingerprint density at radius 2 is 1.41 bits per heavy atom. The molecule has 0 aliphatic rings. The summed E-state index contributed by atoms with van der Waals surface area (Å²) in [7, 11) is 0. The lowest BCUT2D eigenvalue weighted by Gasteiger charge is -2.03. The van der Waals surface area contributed by atoms with Gasteiger partial charge in [-0.2, -0.15) is 0 Å². The highest BCUT2D eigenvalue weighted by Crippen LogP contribution is 2.05. The monoisotopic (exact) mass is 293 g/mol. The van der Waals surface area contributed by atoms with Crippen LogP contribution in [0.2, 0.25) is 0 Å². The summed E-state index contributed by atoms with van der Waals surface area (Å²) in [4.78, 5) is 23.6. The van der Waals surface area contributed by atoms with Gasteiger partial charge in [0, 0.05) is 18.2 Å². The summed E-state index contributed by atoms with van der Waals surface area (Å²) in [6, 6.07) is 15.2. The minimum absolute atomic E-state index is 0.175. The molecule has 0 unspecified atom stereocenters. The van der Waals surface area contributed by atoms with Gasteiger partial charge in [0.25, 0.3) is 0 Å². The molecule has 0 aliphatic heterocycles. The number of hydrogen-bond donors (Lipinski definition) is 1. The van der Waals surface area contributed by atoms with E-state index in [9.17, 15) is 9.59 Å². The fourth-order valence-electron chi connectivity index (χ4n) is 1.92. The predicted molar refractivity (Wildman–Crippen MR) is 87.7 cm³/mol. The van der Waals surface area contributed by atoms with Gasteiger partial charge in [-0.3, -0.25) is 9.59 Å². The average Bonchev–Trinajstić information content (AvgIpc) is 2.52. The quantitative estimate of drug-likeness (QED) is 0.678. The molecule has 2 rings (SSSR count). The van der Waals surface area contributed by atoms with Crippen LogP contribution in [0.15, 0.2) is 60.7 Å². The van der Waals surface area contributed by atoms with Crippen molar-refractivity contribution in [1.29, 1.82) is 0 Å². The summed E-state index contributed by atoms with van der Waals surface area (Å²) in [6.07, 6.45) is 2.57. The van der Waals surface area contributed by atoms with Gasteiger partial charge in [0.2, 0.25) is 5.91 Å². The predicted octanol–water partition coefficient (Wildman–Crippen LogP) is 3.36. The van der Waals surface area contributed by atoms with Gasteiger partial charge < -0.3 is 5.32 Å². The van der Waals surface area contributed by atoms with Crippen molar-refractivity contribution in [2.75, 3.05) is 0 Å². The molecule has 0 spiro atoms. The number of benzene rings is 2. The normalized spacial score (nSPS) is 10.6. The standard InChI is InChI=1S/C19H19NO2/c1-14-3-7-16(8-4-14)13-20-19(22)12-11-18(21)17-9-5-15(2)6-10-17/h3-12H,13H2,1-2H3,(H,20,22)/b12-11-. The molecule has 1 amide bonds. The molecular weight excluding hydrogens is 274 g/mol. The molecule has 0 aromatic heterocycles. The third kappa shape index (κ3) is 4.70. The number of ketones is 1. The smallest absolute Gasteiger partial charge is 0.244 e. The molecular formula is C19H19NO2. The molecule has 22 heavy (non-hydrogen) atoms. The van der Waals surface area contributed by atoms with Gasteiger partial charge in [0.1, 0.15) is 0 Å². The highest BCUT2D eigenvalue weighted by atomic mass is 16.1. The summed E-state index contributed by atoms with van der Waals surface area (Å²) in [5, 5.41) is 2.76. The molecule has 112 valence electrons. The fraction of sp³-hybridized carbons (Fsp3) is 0.158. The van der Waals surface area contributed by atoms with Crippen LogP contribution in [0.25, 0.3) is 0 Å². The Labute approximate surface area is 130 Å². The Bertz CT molecular complexity index is 682. The van der Waals surface area contributed by atoms with Gasteiger partial charge >= 0.3 is 0 Å². The number of nitrogens with one attached hydrogen (secondary N) is 1. The third-order valence-electron chi connectivity index (χ3n) is 3.31. The molecule has 3 nitrogen and oxygen atoms in total. The number of carbonyl (C=O) groups excluding carboxylic acids is 2. The molecule has 0 radical (unpaired) electrons. The molecule has 3 heteroatoms. The minimum Gasteiger partial charge on any atom is -0.348 e. The van der Waals surface area contributed by atoms with E-state index >= 15 is 0 Å². The molecule has 0 atom stereocenters. The van der Waals surface area contributed by atoms with Crippen molar-refractivity contribution >= 4 is 11.7 Å². The molecule has 0 fully saturated rings. The van der Waals surface area contributed by atoms with E-state index in [1.807, 2.05) is 50.2 Å². The van der Waals surface area contributed by atoms with E-state index in [-0.39, 0.29) is 11.7 Å².